The summed E-state index contributed by atoms with van der Waals surface area (Å²) in [6, 6.07) is 0. The van der Waals surface area contributed by atoms with E-state index in [1.165, 1.54) is 199 Å². The van der Waals surface area contributed by atoms with Crippen molar-refractivity contribution in [2.24, 2.45) is 0 Å². The van der Waals surface area contributed by atoms with E-state index in [2.05, 4.69) is 76.3 Å². The maximum absolute atomic E-state index is 13.1. The first-order valence-electron chi connectivity index (χ1n) is 40.9. The van der Waals surface area contributed by atoms with Crippen molar-refractivity contribution in [2.45, 2.75) is 406 Å². The molecule has 0 radical (unpaired) electrons. The zero-order valence-electron chi connectivity index (χ0n) is 64.1. The number of aliphatic hydroxyl groups is 1. The maximum atomic E-state index is 13.1. The number of ether oxygens (including phenoxy) is 4. The van der Waals surface area contributed by atoms with Crippen LogP contribution in [0.25, 0.3) is 0 Å². The number of carbonyl (C=O) groups excluding carboxylic acids is 4. The number of esters is 4. The van der Waals surface area contributed by atoms with Gasteiger partial charge in [-0.25, -0.2) is 9.13 Å². The van der Waals surface area contributed by atoms with Crippen LogP contribution >= 0.6 is 15.6 Å². The van der Waals surface area contributed by atoms with Gasteiger partial charge in [0.25, 0.3) is 0 Å². The van der Waals surface area contributed by atoms with Crippen molar-refractivity contribution in [3.05, 3.63) is 48.6 Å². The smallest absolute Gasteiger partial charge is 0.462 e. The molecule has 0 aromatic carbocycles. The lowest BCUT2D eigenvalue weighted by atomic mass is 10.0. The molecule has 0 fully saturated rings. The van der Waals surface area contributed by atoms with Crippen molar-refractivity contribution in [3.63, 3.8) is 0 Å². The second-order valence-electron chi connectivity index (χ2n) is 27.7. The predicted octanol–water partition coefficient (Wildman–Crippen LogP) is 23.7. The minimum absolute atomic E-state index is 0.0936. The minimum Gasteiger partial charge on any atom is -0.462 e. The molecule has 0 heterocycles. The third kappa shape index (κ3) is 73.3. The Kier molecular flexibility index (Phi) is 72.1. The number of hydrogen-bond donors (Lipinski definition) is 3. The summed E-state index contributed by atoms with van der Waals surface area (Å²) in [4.78, 5) is 73.0. The molecule has 0 saturated heterocycles. The van der Waals surface area contributed by atoms with Gasteiger partial charge in [0.15, 0.2) is 12.2 Å². The van der Waals surface area contributed by atoms with Gasteiger partial charge in [-0.1, -0.05) is 346 Å². The van der Waals surface area contributed by atoms with Gasteiger partial charge in [0, 0.05) is 25.7 Å². The second kappa shape index (κ2) is 74.3. The number of hydrogen-bond acceptors (Lipinski definition) is 15. The van der Waals surface area contributed by atoms with Gasteiger partial charge in [-0.15, -0.1) is 0 Å². The van der Waals surface area contributed by atoms with E-state index in [0.29, 0.717) is 25.7 Å². The molecule has 0 aliphatic heterocycles. The first-order chi connectivity index (χ1) is 48.7. The fourth-order valence-electron chi connectivity index (χ4n) is 11.6. The van der Waals surface area contributed by atoms with Crippen LogP contribution in [0.2, 0.25) is 0 Å². The predicted molar refractivity (Wildman–Crippen MR) is 409 cm³/mol. The molecular formula is C81H150O17P2. The van der Waals surface area contributed by atoms with Crippen LogP contribution in [0.15, 0.2) is 48.6 Å². The standard InChI is InChI=1S/C81H150O17P2/c1-5-9-13-17-21-25-29-33-37-41-45-49-53-57-61-65-78(83)91-71-76(97-80(85)67-63-59-55-51-47-43-39-35-31-27-23-19-15-11-7-3)73-95-99(87,88)93-69-75(82)70-94-100(89,90)96-74-77(98-81(86)68-64-60-56-52-48-44-40-36-32-28-24-20-16-12-8-4)72-92-79(84)66-62-58-54-50-46-42-38-34-30-26-22-18-14-10-6-2/h9,13,21,25,33,37,45,49,75-77,82H,5-8,10-12,14-20,22-24,26-32,34-36,38-44,46-48,50-74H2,1-4H3,(H,87,88)(H,89,90)/b13-9-,25-21-,37-33-,49-45-. The Morgan fingerprint density at radius 1 is 0.290 bits per heavy atom. The van der Waals surface area contributed by atoms with Crippen LogP contribution in [0, 0.1) is 0 Å². The van der Waals surface area contributed by atoms with E-state index < -0.39 is 97.5 Å². The van der Waals surface area contributed by atoms with Crippen LogP contribution < -0.4 is 0 Å². The van der Waals surface area contributed by atoms with Crippen LogP contribution in [0.4, 0.5) is 0 Å². The normalized spacial score (nSPS) is 14.1. The molecule has 100 heavy (non-hydrogen) atoms. The molecule has 0 saturated carbocycles. The maximum Gasteiger partial charge on any atom is 0.472 e. The van der Waals surface area contributed by atoms with Gasteiger partial charge < -0.3 is 33.8 Å². The summed E-state index contributed by atoms with van der Waals surface area (Å²) in [5.41, 5.74) is 0. The molecule has 0 aromatic rings. The molecule has 19 heteroatoms. The van der Waals surface area contributed by atoms with Gasteiger partial charge >= 0.3 is 39.5 Å². The van der Waals surface area contributed by atoms with E-state index in [9.17, 15) is 43.2 Å². The lowest BCUT2D eigenvalue weighted by Crippen LogP contribution is -2.30. The van der Waals surface area contributed by atoms with Crippen LogP contribution in [0.3, 0.4) is 0 Å². The van der Waals surface area contributed by atoms with E-state index in [1.54, 1.807) is 0 Å². The van der Waals surface area contributed by atoms with E-state index in [1.807, 2.05) is 0 Å². The van der Waals surface area contributed by atoms with Crippen molar-refractivity contribution < 1.29 is 80.2 Å². The van der Waals surface area contributed by atoms with Gasteiger partial charge in [0.05, 0.1) is 26.4 Å². The van der Waals surface area contributed by atoms with Gasteiger partial charge in [0.2, 0.25) is 0 Å². The van der Waals surface area contributed by atoms with Crippen LogP contribution in [-0.4, -0.2) is 96.7 Å². The van der Waals surface area contributed by atoms with E-state index >= 15 is 0 Å². The van der Waals surface area contributed by atoms with Gasteiger partial charge in [-0.05, 0) is 64.2 Å². The Morgan fingerprint density at radius 3 is 0.800 bits per heavy atom. The van der Waals surface area contributed by atoms with Crippen LogP contribution in [0.5, 0.6) is 0 Å². The van der Waals surface area contributed by atoms with Gasteiger partial charge in [0.1, 0.15) is 19.3 Å². The number of aliphatic hydroxyl groups excluding tert-OH is 1. The summed E-state index contributed by atoms with van der Waals surface area (Å²) in [7, 11) is -9.94. The largest absolute Gasteiger partial charge is 0.472 e. The molecule has 3 N–H and O–H groups in total. The Balaban J connectivity index is 5.33. The molecule has 0 rings (SSSR count). The molecule has 0 bridgehead atoms. The lowest BCUT2D eigenvalue weighted by Gasteiger charge is -2.21. The minimum atomic E-state index is -4.98. The number of carbonyl (C=O) groups is 4. The monoisotopic (exact) mass is 1460 g/mol. The summed E-state index contributed by atoms with van der Waals surface area (Å²) in [6.45, 7) is 4.82. The van der Waals surface area contributed by atoms with Crippen LogP contribution in [-0.2, 0) is 65.4 Å². The third-order valence-corrected chi connectivity index (χ3v) is 19.7. The topological polar surface area (TPSA) is 237 Å². The zero-order chi connectivity index (χ0) is 73.2. The fourth-order valence-corrected chi connectivity index (χ4v) is 13.2. The molecule has 0 aliphatic rings. The average Bonchev–Trinajstić information content (AvgIpc) is 1.01. The molecule has 5 atom stereocenters. The Labute approximate surface area is 610 Å². The van der Waals surface area contributed by atoms with Crippen molar-refractivity contribution in [1.82, 2.24) is 0 Å². The van der Waals surface area contributed by atoms with Crippen molar-refractivity contribution in [1.29, 1.82) is 0 Å². The van der Waals surface area contributed by atoms with E-state index in [4.69, 9.17) is 37.0 Å². The molecule has 0 aromatic heterocycles. The van der Waals surface area contributed by atoms with Crippen molar-refractivity contribution in [3.8, 4) is 0 Å². The quantitative estimate of drug-likeness (QED) is 0.0169. The number of phosphoric ester groups is 2. The average molecular weight is 1460 g/mol. The third-order valence-electron chi connectivity index (χ3n) is 17.8. The van der Waals surface area contributed by atoms with Crippen molar-refractivity contribution in [2.75, 3.05) is 39.6 Å². The SMILES string of the molecule is CC/C=C\C/C=C\C/C=C\C/C=C\CCCCC(=O)OCC(COP(=O)(O)OCC(O)COP(=O)(O)OCC(COC(=O)CCCCCCCCCCCCCCCCC)OC(=O)CCCCCCCCCCCCCCCCC)OC(=O)CCCCCCCCCCCCCCCCC. The first kappa shape index (κ1) is 97.0. The summed E-state index contributed by atoms with van der Waals surface area (Å²) in [6.07, 6.45) is 72.3. The Bertz CT molecular complexity index is 2080. The highest BCUT2D eigenvalue weighted by molar-refractivity contribution is 7.47. The molecule has 586 valence electrons. The zero-order valence-corrected chi connectivity index (χ0v) is 65.9. The molecular weight excluding hydrogens is 1310 g/mol. The lowest BCUT2D eigenvalue weighted by molar-refractivity contribution is -0.161. The molecule has 0 spiro atoms. The number of allylic oxidation sites excluding steroid dienone is 8. The highest BCUT2D eigenvalue weighted by Gasteiger charge is 2.30. The molecule has 17 nitrogen and oxygen atoms in total. The number of unbranched alkanes of at least 4 members (excludes halogenated alkanes) is 44. The summed E-state index contributed by atoms with van der Waals surface area (Å²) >= 11 is 0. The second-order valence-corrected chi connectivity index (χ2v) is 30.6. The number of rotatable bonds is 78. The highest BCUT2D eigenvalue weighted by Crippen LogP contribution is 2.45. The summed E-state index contributed by atoms with van der Waals surface area (Å²) < 4.78 is 68.6. The van der Waals surface area contributed by atoms with E-state index in [0.717, 1.165) is 109 Å². The Morgan fingerprint density at radius 2 is 0.520 bits per heavy atom. The Hall–Kier alpha value is -2.98. The summed E-state index contributed by atoms with van der Waals surface area (Å²) in [5.74, 6) is -2.17. The van der Waals surface area contributed by atoms with Crippen LogP contribution in [0.1, 0.15) is 387 Å². The molecule has 0 amide bonds. The van der Waals surface area contributed by atoms with Gasteiger partial charge in [-0.2, -0.15) is 0 Å². The fraction of sp³-hybridized carbons (Fsp3) is 0.852. The molecule has 0 aliphatic carbocycles. The number of phosphoric acid groups is 2. The summed E-state index contributed by atoms with van der Waals surface area (Å²) in [5, 5.41) is 10.6. The van der Waals surface area contributed by atoms with E-state index in [-0.39, 0.29) is 25.7 Å². The van der Waals surface area contributed by atoms with Crippen molar-refractivity contribution >= 4 is 39.5 Å². The van der Waals surface area contributed by atoms with Gasteiger partial charge in [-0.3, -0.25) is 37.3 Å². The highest BCUT2D eigenvalue weighted by atomic mass is 31.2. The first-order valence-corrected chi connectivity index (χ1v) is 43.9. The molecule has 5 unspecified atom stereocenters.